The third-order valence-electron chi connectivity index (χ3n) is 5.34. The van der Waals surface area contributed by atoms with Crippen LogP contribution in [0.15, 0.2) is 48.5 Å². The molecule has 2 amide bonds. The van der Waals surface area contributed by atoms with Gasteiger partial charge in [0.1, 0.15) is 0 Å². The molecule has 0 heterocycles. The summed E-state index contributed by atoms with van der Waals surface area (Å²) in [5.41, 5.74) is 8.90. The minimum atomic E-state index is -0.477. The van der Waals surface area contributed by atoms with E-state index in [1.54, 1.807) is 24.3 Å². The molecule has 0 saturated heterocycles. The Bertz CT molecular complexity index is 824. The summed E-state index contributed by atoms with van der Waals surface area (Å²) >= 11 is 0. The minimum Gasteiger partial charge on any atom is -0.366 e. The lowest BCUT2D eigenvalue weighted by Gasteiger charge is -2.28. The number of primary amides is 1. The summed E-state index contributed by atoms with van der Waals surface area (Å²) in [5.74, 6) is -0.00796. The molecule has 1 saturated carbocycles. The standard InChI is InChI=1S/C23H29N3O2/c1-15(2)18-6-4-17(5-7-18)14-26(21-12-13-21)16(3)23(28)25-20-10-8-19(9-11-20)22(24)27/h4-11,15-16,21H,12-14H2,1-3H3,(H2,24,27)(H,25,28)/t16-/m1/s1. The monoisotopic (exact) mass is 379 g/mol. The van der Waals surface area contributed by atoms with Gasteiger partial charge in [0.05, 0.1) is 6.04 Å². The molecule has 1 aliphatic carbocycles. The Morgan fingerprint density at radius 2 is 1.64 bits per heavy atom. The van der Waals surface area contributed by atoms with Crippen molar-refractivity contribution in [2.75, 3.05) is 5.32 Å². The SMILES string of the molecule is CC(C)c1ccc(CN(C2CC2)[C@H](C)C(=O)Nc2ccc(C(N)=O)cc2)cc1. The van der Waals surface area contributed by atoms with Crippen LogP contribution in [-0.4, -0.2) is 28.8 Å². The van der Waals surface area contributed by atoms with Crippen molar-refractivity contribution in [2.24, 2.45) is 5.73 Å². The number of carbonyl (C=O) groups excluding carboxylic acids is 2. The van der Waals surface area contributed by atoms with E-state index in [2.05, 4.69) is 48.3 Å². The summed E-state index contributed by atoms with van der Waals surface area (Å²) < 4.78 is 0. The molecule has 5 nitrogen and oxygen atoms in total. The van der Waals surface area contributed by atoms with Crippen LogP contribution >= 0.6 is 0 Å². The van der Waals surface area contributed by atoms with E-state index >= 15 is 0 Å². The highest BCUT2D eigenvalue weighted by Crippen LogP contribution is 2.31. The van der Waals surface area contributed by atoms with E-state index in [0.717, 1.165) is 19.4 Å². The van der Waals surface area contributed by atoms with Crippen molar-refractivity contribution in [1.29, 1.82) is 0 Å². The Morgan fingerprint density at radius 1 is 1.04 bits per heavy atom. The van der Waals surface area contributed by atoms with E-state index in [-0.39, 0.29) is 11.9 Å². The van der Waals surface area contributed by atoms with Crippen molar-refractivity contribution in [3.63, 3.8) is 0 Å². The van der Waals surface area contributed by atoms with Gasteiger partial charge in [-0.15, -0.1) is 0 Å². The molecule has 0 radical (unpaired) electrons. The van der Waals surface area contributed by atoms with Crippen molar-refractivity contribution >= 4 is 17.5 Å². The van der Waals surface area contributed by atoms with Gasteiger partial charge in [-0.25, -0.2) is 0 Å². The van der Waals surface area contributed by atoms with Gasteiger partial charge < -0.3 is 11.1 Å². The van der Waals surface area contributed by atoms with Crippen LogP contribution < -0.4 is 11.1 Å². The van der Waals surface area contributed by atoms with Gasteiger partial charge in [-0.1, -0.05) is 38.1 Å². The van der Waals surface area contributed by atoms with Crippen molar-refractivity contribution in [3.05, 3.63) is 65.2 Å². The molecule has 2 aromatic rings. The lowest BCUT2D eigenvalue weighted by atomic mass is 10.0. The molecule has 0 aliphatic heterocycles. The summed E-state index contributed by atoms with van der Waals surface area (Å²) in [6.45, 7) is 7.09. The second-order valence-electron chi connectivity index (χ2n) is 7.91. The number of rotatable bonds is 8. The van der Waals surface area contributed by atoms with Crippen LogP contribution in [0.25, 0.3) is 0 Å². The molecule has 1 fully saturated rings. The van der Waals surface area contributed by atoms with Crippen LogP contribution in [-0.2, 0) is 11.3 Å². The van der Waals surface area contributed by atoms with E-state index < -0.39 is 5.91 Å². The average molecular weight is 380 g/mol. The Morgan fingerprint density at radius 3 is 2.14 bits per heavy atom. The zero-order valence-electron chi connectivity index (χ0n) is 16.8. The number of amides is 2. The highest BCUT2D eigenvalue weighted by molar-refractivity contribution is 5.96. The zero-order valence-corrected chi connectivity index (χ0v) is 16.8. The first-order valence-corrected chi connectivity index (χ1v) is 9.90. The fourth-order valence-corrected chi connectivity index (χ4v) is 3.32. The van der Waals surface area contributed by atoms with Gasteiger partial charge >= 0.3 is 0 Å². The van der Waals surface area contributed by atoms with Crippen molar-refractivity contribution in [1.82, 2.24) is 4.90 Å². The maximum Gasteiger partial charge on any atom is 0.248 e. The van der Waals surface area contributed by atoms with E-state index in [4.69, 9.17) is 5.73 Å². The van der Waals surface area contributed by atoms with Crippen LogP contribution in [0.1, 0.15) is 61.0 Å². The number of nitrogens with zero attached hydrogens (tertiary/aromatic N) is 1. The maximum atomic E-state index is 12.8. The van der Waals surface area contributed by atoms with Crippen molar-refractivity contribution in [2.45, 2.75) is 58.2 Å². The van der Waals surface area contributed by atoms with Gasteiger partial charge in [0.15, 0.2) is 0 Å². The van der Waals surface area contributed by atoms with E-state index in [0.29, 0.717) is 23.2 Å². The van der Waals surface area contributed by atoms with Crippen molar-refractivity contribution < 1.29 is 9.59 Å². The zero-order chi connectivity index (χ0) is 20.3. The Labute approximate surface area is 166 Å². The first kappa shape index (κ1) is 20.1. The Hall–Kier alpha value is -2.66. The van der Waals surface area contributed by atoms with Crippen molar-refractivity contribution in [3.8, 4) is 0 Å². The molecular weight excluding hydrogens is 350 g/mol. The summed E-state index contributed by atoms with van der Waals surface area (Å²) in [7, 11) is 0. The summed E-state index contributed by atoms with van der Waals surface area (Å²) in [6, 6.07) is 15.6. The first-order chi connectivity index (χ1) is 13.3. The fourth-order valence-electron chi connectivity index (χ4n) is 3.32. The molecule has 1 atom stereocenters. The molecular formula is C23H29N3O2. The van der Waals surface area contributed by atoms with Gasteiger partial charge in [-0.05, 0) is 61.1 Å². The molecule has 148 valence electrons. The maximum absolute atomic E-state index is 12.8. The van der Waals surface area contributed by atoms with Gasteiger partial charge in [0, 0.05) is 23.8 Å². The van der Waals surface area contributed by atoms with Crippen LogP contribution in [0.4, 0.5) is 5.69 Å². The number of nitrogens with two attached hydrogens (primary N) is 1. The predicted octanol–water partition coefficient (Wildman–Crippen LogP) is 3.90. The average Bonchev–Trinajstić information content (AvgIpc) is 3.51. The van der Waals surface area contributed by atoms with Crippen LogP contribution in [0.3, 0.4) is 0 Å². The molecule has 0 spiro atoms. The number of hydrogen-bond acceptors (Lipinski definition) is 3. The largest absolute Gasteiger partial charge is 0.366 e. The molecule has 5 heteroatoms. The highest BCUT2D eigenvalue weighted by atomic mass is 16.2. The lowest BCUT2D eigenvalue weighted by molar-refractivity contribution is -0.121. The topological polar surface area (TPSA) is 75.4 Å². The number of anilines is 1. The molecule has 3 N–H and O–H groups in total. The molecule has 2 aromatic carbocycles. The van der Waals surface area contributed by atoms with Gasteiger partial charge in [0.25, 0.3) is 0 Å². The third-order valence-corrected chi connectivity index (χ3v) is 5.34. The molecule has 3 rings (SSSR count). The molecule has 0 bridgehead atoms. The first-order valence-electron chi connectivity index (χ1n) is 9.90. The third kappa shape index (κ3) is 4.98. The van der Waals surface area contributed by atoms with Gasteiger partial charge in [0.2, 0.25) is 11.8 Å². The van der Waals surface area contributed by atoms with Crippen LogP contribution in [0.5, 0.6) is 0 Å². The minimum absolute atomic E-state index is 0.0440. The number of benzene rings is 2. The molecule has 0 unspecified atom stereocenters. The summed E-state index contributed by atoms with van der Waals surface area (Å²) in [4.78, 5) is 26.2. The second kappa shape index (κ2) is 8.57. The fraction of sp³-hybridized carbons (Fsp3) is 0.391. The molecule has 28 heavy (non-hydrogen) atoms. The number of hydrogen-bond donors (Lipinski definition) is 2. The normalized spacial score (nSPS) is 14.9. The lowest BCUT2D eigenvalue weighted by Crippen LogP contribution is -2.43. The van der Waals surface area contributed by atoms with E-state index in [1.165, 1.54) is 11.1 Å². The summed E-state index contributed by atoms with van der Waals surface area (Å²) in [6.07, 6.45) is 2.27. The van der Waals surface area contributed by atoms with Crippen LogP contribution in [0, 0.1) is 0 Å². The smallest absolute Gasteiger partial charge is 0.248 e. The second-order valence-corrected chi connectivity index (χ2v) is 7.91. The summed E-state index contributed by atoms with van der Waals surface area (Å²) in [5, 5.41) is 2.95. The van der Waals surface area contributed by atoms with Gasteiger partial charge in [-0.3, -0.25) is 14.5 Å². The number of carbonyl (C=O) groups is 2. The molecule has 0 aromatic heterocycles. The highest BCUT2D eigenvalue weighted by Gasteiger charge is 2.35. The Kier molecular flexibility index (Phi) is 6.15. The van der Waals surface area contributed by atoms with E-state index in [9.17, 15) is 9.59 Å². The number of nitrogens with one attached hydrogen (secondary N) is 1. The predicted molar refractivity (Wildman–Crippen MR) is 112 cm³/mol. The Balaban J connectivity index is 1.65. The van der Waals surface area contributed by atoms with Gasteiger partial charge in [-0.2, -0.15) is 0 Å². The quantitative estimate of drug-likeness (QED) is 0.730. The molecule has 1 aliphatic rings. The van der Waals surface area contributed by atoms with E-state index in [1.807, 2.05) is 6.92 Å². The van der Waals surface area contributed by atoms with Crippen LogP contribution in [0.2, 0.25) is 0 Å².